The number of aromatic nitrogens is 4. The third-order valence-electron chi connectivity index (χ3n) is 6.98. The molecule has 174 valence electrons. The summed E-state index contributed by atoms with van der Waals surface area (Å²) in [4.78, 5) is 21.7. The van der Waals surface area contributed by atoms with Crippen molar-refractivity contribution in [1.29, 1.82) is 0 Å². The summed E-state index contributed by atoms with van der Waals surface area (Å²) in [6, 6.07) is 7.53. The smallest absolute Gasteiger partial charge is 0.331 e. The normalized spacial score (nSPS) is 18.5. The fourth-order valence-corrected chi connectivity index (χ4v) is 4.48. The lowest BCUT2D eigenvalue weighted by atomic mass is 10.0. The second-order valence-electron chi connectivity index (χ2n) is 9.57. The van der Waals surface area contributed by atoms with Gasteiger partial charge < -0.3 is 14.6 Å². The van der Waals surface area contributed by atoms with Crippen LogP contribution in [0.3, 0.4) is 0 Å². The van der Waals surface area contributed by atoms with Crippen molar-refractivity contribution in [3.63, 3.8) is 0 Å². The molecule has 1 unspecified atom stereocenters. The fourth-order valence-electron chi connectivity index (χ4n) is 4.48. The molecule has 2 aliphatic rings. The molecule has 1 saturated carbocycles. The van der Waals surface area contributed by atoms with Gasteiger partial charge in [-0.3, -0.25) is 9.88 Å². The summed E-state index contributed by atoms with van der Waals surface area (Å²) >= 11 is 0. The van der Waals surface area contributed by atoms with E-state index in [2.05, 4.69) is 39.6 Å². The van der Waals surface area contributed by atoms with Crippen LogP contribution in [0.4, 0.5) is 10.6 Å². The summed E-state index contributed by atoms with van der Waals surface area (Å²) in [5, 5.41) is 11.2. The predicted octanol–water partition coefficient (Wildman–Crippen LogP) is 4.69. The molecule has 6 rings (SSSR count). The van der Waals surface area contributed by atoms with Gasteiger partial charge in [0.2, 0.25) is 5.88 Å². The van der Waals surface area contributed by atoms with E-state index in [9.17, 15) is 4.79 Å². The van der Waals surface area contributed by atoms with Gasteiger partial charge in [0, 0.05) is 46.8 Å². The summed E-state index contributed by atoms with van der Waals surface area (Å²) in [6.45, 7) is 6.96. The first-order valence-corrected chi connectivity index (χ1v) is 11.5. The van der Waals surface area contributed by atoms with Crippen LogP contribution in [0, 0.1) is 6.92 Å². The van der Waals surface area contributed by atoms with Gasteiger partial charge in [-0.25, -0.2) is 14.8 Å². The van der Waals surface area contributed by atoms with E-state index in [1.807, 2.05) is 31.2 Å². The standard InChI is InChI=1S/C25H26N6O3/c1-14-10-17-18(12-26-14)27-13-28-23(17)33-20-5-4-19-16(15(20)2)6-9-31(19)24(32)29-22-11-21(34-30-22)25(3)7-8-25/h4-6,9,11,13-14,26H,7-8,10,12H2,1-3H3,(H,29,30,32). The van der Waals surface area contributed by atoms with Crippen LogP contribution in [0.1, 0.15) is 49.3 Å². The summed E-state index contributed by atoms with van der Waals surface area (Å²) in [5.74, 6) is 2.53. The Labute approximate surface area is 196 Å². The number of hydrogen-bond donors (Lipinski definition) is 2. The number of carbonyl (C=O) groups is 1. The number of ether oxygens (including phenoxy) is 1. The highest BCUT2D eigenvalue weighted by Gasteiger charge is 2.43. The Morgan fingerprint density at radius 3 is 2.97 bits per heavy atom. The van der Waals surface area contributed by atoms with Gasteiger partial charge >= 0.3 is 6.03 Å². The zero-order chi connectivity index (χ0) is 23.4. The minimum atomic E-state index is -0.296. The number of fused-ring (bicyclic) bond motifs is 2. The van der Waals surface area contributed by atoms with Gasteiger partial charge in [0.05, 0.1) is 11.2 Å². The van der Waals surface area contributed by atoms with Crippen LogP contribution in [0.25, 0.3) is 10.9 Å². The van der Waals surface area contributed by atoms with Gasteiger partial charge in [-0.15, -0.1) is 0 Å². The monoisotopic (exact) mass is 458 g/mol. The van der Waals surface area contributed by atoms with Crippen molar-refractivity contribution in [2.45, 2.75) is 58.0 Å². The maximum atomic E-state index is 13.0. The van der Waals surface area contributed by atoms with Gasteiger partial charge in [0.15, 0.2) is 5.82 Å². The van der Waals surface area contributed by atoms with Crippen molar-refractivity contribution in [2.24, 2.45) is 0 Å². The molecule has 1 fully saturated rings. The fraction of sp³-hybridized carbons (Fsp3) is 0.360. The van der Waals surface area contributed by atoms with Gasteiger partial charge in [0.1, 0.15) is 17.8 Å². The van der Waals surface area contributed by atoms with Crippen molar-refractivity contribution in [2.75, 3.05) is 5.32 Å². The molecule has 0 spiro atoms. The molecule has 1 aliphatic carbocycles. The van der Waals surface area contributed by atoms with Crippen LogP contribution < -0.4 is 15.4 Å². The number of carbonyl (C=O) groups excluding carboxylic acids is 1. The molecule has 1 amide bonds. The number of nitrogens with one attached hydrogen (secondary N) is 2. The van der Waals surface area contributed by atoms with E-state index in [1.54, 1.807) is 17.1 Å². The first-order chi connectivity index (χ1) is 16.4. The second-order valence-corrected chi connectivity index (χ2v) is 9.57. The van der Waals surface area contributed by atoms with E-state index in [4.69, 9.17) is 9.26 Å². The highest BCUT2D eigenvalue weighted by atomic mass is 16.5. The third-order valence-corrected chi connectivity index (χ3v) is 6.98. The zero-order valence-corrected chi connectivity index (χ0v) is 19.4. The van der Waals surface area contributed by atoms with Crippen molar-refractivity contribution in [1.82, 2.24) is 25.0 Å². The molecule has 9 nitrogen and oxygen atoms in total. The molecular formula is C25H26N6O3. The van der Waals surface area contributed by atoms with Crippen LogP contribution in [0.15, 0.2) is 41.3 Å². The SMILES string of the molecule is Cc1c(Oc2ncnc3c2CC(C)NC3)ccc2c1ccn2C(=O)Nc1cc(C2(C)CC2)on1. The molecule has 0 radical (unpaired) electrons. The molecule has 1 atom stereocenters. The molecule has 1 aromatic carbocycles. The molecule has 0 saturated heterocycles. The lowest BCUT2D eigenvalue weighted by Gasteiger charge is -2.23. The Bertz CT molecular complexity index is 1420. The average Bonchev–Trinajstić information content (AvgIpc) is 3.22. The maximum absolute atomic E-state index is 13.0. The predicted molar refractivity (Wildman–Crippen MR) is 126 cm³/mol. The Balaban J connectivity index is 1.26. The molecule has 4 aromatic rings. The number of hydrogen-bond acceptors (Lipinski definition) is 7. The first kappa shape index (κ1) is 20.9. The average molecular weight is 459 g/mol. The third kappa shape index (κ3) is 3.52. The Morgan fingerprint density at radius 1 is 1.29 bits per heavy atom. The van der Waals surface area contributed by atoms with E-state index < -0.39 is 0 Å². The van der Waals surface area contributed by atoms with E-state index in [0.717, 1.165) is 52.7 Å². The molecular weight excluding hydrogens is 432 g/mol. The van der Waals surface area contributed by atoms with Crippen LogP contribution in [0.2, 0.25) is 0 Å². The quantitative estimate of drug-likeness (QED) is 0.457. The Kier molecular flexibility index (Phi) is 4.70. The van der Waals surface area contributed by atoms with E-state index >= 15 is 0 Å². The minimum Gasteiger partial charge on any atom is -0.438 e. The van der Waals surface area contributed by atoms with Gasteiger partial charge in [-0.05, 0) is 51.3 Å². The van der Waals surface area contributed by atoms with E-state index in [0.29, 0.717) is 30.0 Å². The molecule has 4 heterocycles. The van der Waals surface area contributed by atoms with Gasteiger partial charge in [0.25, 0.3) is 0 Å². The van der Waals surface area contributed by atoms with Gasteiger partial charge in [-0.1, -0.05) is 12.1 Å². The summed E-state index contributed by atoms with van der Waals surface area (Å²) in [6.07, 6.45) is 6.26. The molecule has 9 heteroatoms. The number of benzene rings is 1. The number of aryl methyl sites for hydroxylation is 1. The highest BCUT2D eigenvalue weighted by molar-refractivity contribution is 5.99. The number of rotatable bonds is 4. The van der Waals surface area contributed by atoms with Crippen molar-refractivity contribution in [3.05, 3.63) is 59.4 Å². The summed E-state index contributed by atoms with van der Waals surface area (Å²) in [7, 11) is 0. The lowest BCUT2D eigenvalue weighted by molar-refractivity contribution is 0.254. The second kappa shape index (κ2) is 7.66. The first-order valence-electron chi connectivity index (χ1n) is 11.5. The topological polar surface area (TPSA) is 107 Å². The Hall–Kier alpha value is -3.72. The maximum Gasteiger partial charge on any atom is 0.331 e. The highest BCUT2D eigenvalue weighted by Crippen LogP contribution is 2.48. The Morgan fingerprint density at radius 2 is 2.15 bits per heavy atom. The number of amides is 1. The van der Waals surface area contributed by atoms with E-state index in [1.165, 1.54) is 0 Å². The van der Waals surface area contributed by atoms with Crippen molar-refractivity contribution < 1.29 is 14.1 Å². The summed E-state index contributed by atoms with van der Waals surface area (Å²) in [5.41, 5.74) is 3.78. The molecule has 34 heavy (non-hydrogen) atoms. The number of anilines is 1. The minimum absolute atomic E-state index is 0.0567. The van der Waals surface area contributed by atoms with Crippen LogP contribution in [-0.2, 0) is 18.4 Å². The van der Waals surface area contributed by atoms with E-state index in [-0.39, 0.29) is 11.4 Å². The number of nitrogens with zero attached hydrogens (tertiary/aromatic N) is 4. The van der Waals surface area contributed by atoms with Crippen molar-refractivity contribution in [3.8, 4) is 11.6 Å². The molecule has 1 aliphatic heterocycles. The zero-order valence-electron chi connectivity index (χ0n) is 19.4. The summed E-state index contributed by atoms with van der Waals surface area (Å²) < 4.78 is 13.3. The van der Waals surface area contributed by atoms with Crippen molar-refractivity contribution >= 4 is 22.8 Å². The molecule has 3 aromatic heterocycles. The largest absolute Gasteiger partial charge is 0.438 e. The van der Waals surface area contributed by atoms with Crippen LogP contribution in [-0.4, -0.2) is 31.8 Å². The molecule has 2 N–H and O–H groups in total. The lowest BCUT2D eigenvalue weighted by Crippen LogP contribution is -2.33. The molecule has 0 bridgehead atoms. The van der Waals surface area contributed by atoms with Crippen LogP contribution in [0.5, 0.6) is 11.6 Å². The van der Waals surface area contributed by atoms with Gasteiger partial charge in [-0.2, -0.15) is 0 Å². The van der Waals surface area contributed by atoms with Crippen LogP contribution >= 0.6 is 0 Å².